The number of nitrogens with zero attached hydrogens (tertiary/aromatic N) is 3. The van der Waals surface area contributed by atoms with E-state index in [4.69, 9.17) is 0 Å². The van der Waals surface area contributed by atoms with Gasteiger partial charge in [0.2, 0.25) is 12.3 Å². The van der Waals surface area contributed by atoms with E-state index in [1.54, 1.807) is 22.8 Å². The smallest absolute Gasteiger partial charge is 0.388 e. The fraction of sp³-hybridized carbons (Fsp3) is 0.458. The third-order valence-corrected chi connectivity index (χ3v) is 5.19. The Labute approximate surface area is 193 Å². The van der Waals surface area contributed by atoms with Crippen LogP contribution in [0.2, 0.25) is 0 Å². The molecule has 3 amide bonds. The number of pyridine rings is 1. The average molecular weight is 463 g/mol. The maximum atomic E-state index is 13.4. The summed E-state index contributed by atoms with van der Waals surface area (Å²) in [6.07, 6.45) is 1.37. The molecule has 7 nitrogen and oxygen atoms in total. The molecule has 1 aliphatic heterocycles. The number of urea groups is 1. The van der Waals surface area contributed by atoms with Crippen LogP contribution in [0.4, 0.5) is 25.0 Å². The Morgan fingerprint density at radius 3 is 2.55 bits per heavy atom. The number of anilines is 2. The molecule has 2 heterocycles. The molecule has 1 saturated heterocycles. The van der Waals surface area contributed by atoms with Crippen molar-refractivity contribution in [1.82, 2.24) is 9.88 Å². The fourth-order valence-electron chi connectivity index (χ4n) is 3.72. The third kappa shape index (κ3) is 6.63. The quantitative estimate of drug-likeness (QED) is 0.559. The van der Waals surface area contributed by atoms with Crippen LogP contribution in [0.15, 0.2) is 36.4 Å². The van der Waals surface area contributed by atoms with Crippen LogP contribution in [0.5, 0.6) is 5.88 Å². The standard InChI is InChI=1S/C22H26F2N4O3.C2H6/c1-14(2)17-6-4-5-7-19(17)28(16-10-11-27(12-16)13-29)22(30)26-18-9-8-15(3)25-20(18)31-21(23)24;1-2/h4-9,13-14,16,21H,10-12H2,1-3H3,(H,26,30);1-2H3. The fourth-order valence-corrected chi connectivity index (χ4v) is 3.72. The minimum absolute atomic E-state index is 0.0492. The van der Waals surface area contributed by atoms with Crippen molar-refractivity contribution < 1.29 is 23.1 Å². The lowest BCUT2D eigenvalue weighted by molar-refractivity contribution is -0.117. The minimum atomic E-state index is -3.07. The van der Waals surface area contributed by atoms with E-state index in [0.29, 0.717) is 30.9 Å². The van der Waals surface area contributed by atoms with E-state index >= 15 is 0 Å². The number of alkyl halides is 2. The monoisotopic (exact) mass is 462 g/mol. The molecular weight excluding hydrogens is 430 g/mol. The number of aryl methyl sites for hydroxylation is 1. The molecule has 1 N–H and O–H groups in total. The second kappa shape index (κ2) is 12.1. The lowest BCUT2D eigenvalue weighted by Gasteiger charge is -2.31. The zero-order valence-electron chi connectivity index (χ0n) is 19.7. The summed E-state index contributed by atoms with van der Waals surface area (Å²) in [6, 6.07) is 9.86. The molecule has 180 valence electrons. The van der Waals surface area contributed by atoms with Gasteiger partial charge >= 0.3 is 12.6 Å². The van der Waals surface area contributed by atoms with Crippen molar-refractivity contribution in [1.29, 1.82) is 0 Å². The first-order valence-corrected chi connectivity index (χ1v) is 11.1. The molecule has 3 rings (SSSR count). The number of carbonyl (C=O) groups excluding carboxylic acids is 2. The highest BCUT2D eigenvalue weighted by molar-refractivity contribution is 6.03. The van der Waals surface area contributed by atoms with Gasteiger partial charge in [0.05, 0.1) is 6.04 Å². The van der Waals surface area contributed by atoms with E-state index in [1.807, 2.05) is 52.0 Å². The Morgan fingerprint density at radius 1 is 1.24 bits per heavy atom. The van der Waals surface area contributed by atoms with Crippen molar-refractivity contribution in [3.63, 3.8) is 0 Å². The van der Waals surface area contributed by atoms with E-state index in [2.05, 4.69) is 15.0 Å². The van der Waals surface area contributed by atoms with Crippen molar-refractivity contribution in [2.24, 2.45) is 0 Å². The van der Waals surface area contributed by atoms with Gasteiger partial charge in [-0.15, -0.1) is 0 Å². The molecule has 9 heteroatoms. The molecule has 1 unspecified atom stereocenters. The highest BCUT2D eigenvalue weighted by atomic mass is 19.3. The van der Waals surface area contributed by atoms with Crippen LogP contribution in [-0.2, 0) is 4.79 Å². The molecule has 1 atom stereocenters. The Hall–Kier alpha value is -3.23. The number of ether oxygens (including phenoxy) is 1. The zero-order chi connectivity index (χ0) is 24.5. The first-order valence-electron chi connectivity index (χ1n) is 11.1. The predicted octanol–water partition coefficient (Wildman–Crippen LogP) is 5.41. The topological polar surface area (TPSA) is 74.8 Å². The lowest BCUT2D eigenvalue weighted by atomic mass is 9.99. The summed E-state index contributed by atoms with van der Waals surface area (Å²) in [5.74, 6) is -0.199. The number of likely N-dealkylation sites (tertiary alicyclic amines) is 1. The molecular formula is C24H32F2N4O3. The Morgan fingerprint density at radius 2 is 1.94 bits per heavy atom. The number of hydrogen-bond acceptors (Lipinski definition) is 4. The largest absolute Gasteiger partial charge is 0.415 e. The SMILES string of the molecule is CC.Cc1ccc(NC(=O)N(c2ccccc2C(C)C)C2CCN(C=O)C2)c(OC(F)F)n1. The lowest BCUT2D eigenvalue weighted by Crippen LogP contribution is -2.45. The Kier molecular flexibility index (Phi) is 9.57. The number of rotatable bonds is 7. The number of carbonyl (C=O) groups is 2. The first-order chi connectivity index (χ1) is 15.8. The molecule has 1 aromatic carbocycles. The summed E-state index contributed by atoms with van der Waals surface area (Å²) in [6.45, 7) is 7.55. The minimum Gasteiger partial charge on any atom is -0.415 e. The van der Waals surface area contributed by atoms with Gasteiger partial charge in [0.25, 0.3) is 0 Å². The number of para-hydroxylation sites is 1. The van der Waals surface area contributed by atoms with E-state index in [0.717, 1.165) is 12.0 Å². The van der Waals surface area contributed by atoms with Gasteiger partial charge in [-0.1, -0.05) is 45.9 Å². The van der Waals surface area contributed by atoms with Gasteiger partial charge in [-0.3, -0.25) is 9.69 Å². The van der Waals surface area contributed by atoms with Crippen molar-refractivity contribution >= 4 is 23.8 Å². The van der Waals surface area contributed by atoms with Crippen LogP contribution in [0.25, 0.3) is 0 Å². The van der Waals surface area contributed by atoms with Crippen LogP contribution in [0, 0.1) is 6.92 Å². The summed E-state index contributed by atoms with van der Waals surface area (Å²) in [5.41, 5.74) is 2.21. The van der Waals surface area contributed by atoms with Crippen LogP contribution in [0.1, 0.15) is 51.3 Å². The molecule has 0 aliphatic carbocycles. The van der Waals surface area contributed by atoms with Crippen molar-refractivity contribution in [2.45, 2.75) is 59.6 Å². The molecule has 0 bridgehead atoms. The number of hydrogen-bond donors (Lipinski definition) is 1. The molecule has 0 radical (unpaired) electrons. The van der Waals surface area contributed by atoms with E-state index in [1.165, 1.54) is 6.07 Å². The molecule has 2 aromatic rings. The van der Waals surface area contributed by atoms with Crippen molar-refractivity contribution in [3.8, 4) is 5.88 Å². The normalized spacial score (nSPS) is 15.2. The summed E-state index contributed by atoms with van der Waals surface area (Å²) < 4.78 is 30.2. The van der Waals surface area contributed by atoms with E-state index < -0.39 is 12.6 Å². The van der Waals surface area contributed by atoms with Crippen LogP contribution in [-0.4, -0.2) is 48.1 Å². The van der Waals surface area contributed by atoms with Crippen LogP contribution in [0.3, 0.4) is 0 Å². The molecule has 0 saturated carbocycles. The highest BCUT2D eigenvalue weighted by Gasteiger charge is 2.33. The second-order valence-corrected chi connectivity index (χ2v) is 7.74. The summed E-state index contributed by atoms with van der Waals surface area (Å²) in [5, 5.41) is 2.68. The average Bonchev–Trinajstić information content (AvgIpc) is 3.26. The summed E-state index contributed by atoms with van der Waals surface area (Å²) >= 11 is 0. The molecule has 1 aliphatic rings. The number of amides is 3. The van der Waals surface area contributed by atoms with E-state index in [9.17, 15) is 18.4 Å². The Bertz CT molecular complexity index is 940. The highest BCUT2D eigenvalue weighted by Crippen LogP contribution is 2.32. The van der Waals surface area contributed by atoms with Gasteiger partial charge in [-0.05, 0) is 43.0 Å². The van der Waals surface area contributed by atoms with Gasteiger partial charge < -0.3 is 15.0 Å². The summed E-state index contributed by atoms with van der Waals surface area (Å²) in [7, 11) is 0. The maximum absolute atomic E-state index is 13.4. The van der Waals surface area contributed by atoms with Gasteiger partial charge in [0, 0.05) is 24.5 Å². The predicted molar refractivity (Wildman–Crippen MR) is 125 cm³/mol. The van der Waals surface area contributed by atoms with Crippen LogP contribution < -0.4 is 15.0 Å². The first kappa shape index (κ1) is 26.0. The van der Waals surface area contributed by atoms with Gasteiger partial charge in [-0.25, -0.2) is 9.78 Å². The Balaban J connectivity index is 0.00000187. The second-order valence-electron chi connectivity index (χ2n) is 7.74. The van der Waals surface area contributed by atoms with Crippen molar-refractivity contribution in [2.75, 3.05) is 23.3 Å². The van der Waals surface area contributed by atoms with Gasteiger partial charge in [0.15, 0.2) is 0 Å². The van der Waals surface area contributed by atoms with E-state index in [-0.39, 0.29) is 23.5 Å². The maximum Gasteiger partial charge on any atom is 0.388 e. The third-order valence-electron chi connectivity index (χ3n) is 5.19. The van der Waals surface area contributed by atoms with Crippen molar-refractivity contribution in [3.05, 3.63) is 47.7 Å². The van der Waals surface area contributed by atoms with Gasteiger partial charge in [0.1, 0.15) is 5.69 Å². The molecule has 1 aromatic heterocycles. The number of benzene rings is 1. The van der Waals surface area contributed by atoms with Crippen LogP contribution >= 0.6 is 0 Å². The molecule has 33 heavy (non-hydrogen) atoms. The molecule has 0 spiro atoms. The zero-order valence-corrected chi connectivity index (χ0v) is 19.7. The number of nitrogens with one attached hydrogen (secondary N) is 1. The number of halogens is 2. The number of aromatic nitrogens is 1. The summed E-state index contributed by atoms with van der Waals surface area (Å²) in [4.78, 5) is 31.9. The molecule has 1 fully saturated rings. The van der Waals surface area contributed by atoms with Gasteiger partial charge in [-0.2, -0.15) is 8.78 Å².